The molecule has 2 heterocycles. The molecule has 3 N–H and O–H groups in total. The third-order valence-electron chi connectivity index (χ3n) is 4.59. The highest BCUT2D eigenvalue weighted by Crippen LogP contribution is 2.25. The van der Waals surface area contributed by atoms with Crippen molar-refractivity contribution < 1.29 is 9.90 Å². The average Bonchev–Trinajstić information content (AvgIpc) is 2.98. The Hall–Kier alpha value is -1.53. The molecule has 0 radical (unpaired) electrons. The predicted molar refractivity (Wildman–Crippen MR) is 89.8 cm³/mol. The molecule has 2 aliphatic rings. The number of anilines is 1. The van der Waals surface area contributed by atoms with E-state index in [1.54, 1.807) is 6.20 Å². The fourth-order valence-corrected chi connectivity index (χ4v) is 3.55. The lowest BCUT2D eigenvalue weighted by Crippen LogP contribution is -2.48. The molecule has 3 rings (SSSR count). The van der Waals surface area contributed by atoms with Crippen molar-refractivity contribution >= 4 is 23.4 Å². The van der Waals surface area contributed by atoms with Gasteiger partial charge in [-0.3, -0.25) is 0 Å². The maximum absolute atomic E-state index is 12.1. The Morgan fingerprint density at radius 1 is 1.22 bits per heavy atom. The van der Waals surface area contributed by atoms with Crippen molar-refractivity contribution in [3.05, 3.63) is 23.4 Å². The number of hydrogen-bond donors (Lipinski definition) is 3. The Kier molecular flexibility index (Phi) is 5.23. The summed E-state index contributed by atoms with van der Waals surface area (Å²) in [5.41, 5.74) is 0. The zero-order chi connectivity index (χ0) is 16.2. The van der Waals surface area contributed by atoms with Gasteiger partial charge in [-0.15, -0.1) is 0 Å². The summed E-state index contributed by atoms with van der Waals surface area (Å²) in [4.78, 5) is 18.5. The number of hydrogen-bond acceptors (Lipinski definition) is 4. The molecule has 1 aromatic heterocycles. The van der Waals surface area contributed by atoms with Crippen molar-refractivity contribution in [3.8, 4) is 0 Å². The normalized spacial score (nSPS) is 27.7. The summed E-state index contributed by atoms with van der Waals surface area (Å²) >= 11 is 6.17. The van der Waals surface area contributed by atoms with E-state index in [1.165, 1.54) is 0 Å². The highest BCUT2D eigenvalue weighted by Gasteiger charge is 2.27. The summed E-state index contributed by atoms with van der Waals surface area (Å²) in [5.74, 6) is 0.778. The van der Waals surface area contributed by atoms with E-state index in [0.29, 0.717) is 11.6 Å². The molecule has 0 bridgehead atoms. The lowest BCUT2D eigenvalue weighted by molar-refractivity contribution is 0.117. The molecule has 6 nitrogen and oxygen atoms in total. The Morgan fingerprint density at radius 3 is 2.70 bits per heavy atom. The number of nitrogens with zero attached hydrogens (tertiary/aromatic N) is 2. The van der Waals surface area contributed by atoms with Gasteiger partial charge >= 0.3 is 6.03 Å². The van der Waals surface area contributed by atoms with Gasteiger partial charge in [0, 0.05) is 31.4 Å². The molecule has 0 aromatic carbocycles. The molecule has 1 saturated heterocycles. The molecular formula is C16H23ClN4O2. The first-order valence-electron chi connectivity index (χ1n) is 8.22. The minimum atomic E-state index is -0.206. The zero-order valence-electron chi connectivity index (χ0n) is 13.0. The average molecular weight is 339 g/mol. The summed E-state index contributed by atoms with van der Waals surface area (Å²) in [6, 6.07) is 3.79. The second-order valence-electron chi connectivity index (χ2n) is 6.36. The molecule has 1 aliphatic carbocycles. The van der Waals surface area contributed by atoms with Gasteiger partial charge in [-0.05, 0) is 44.2 Å². The van der Waals surface area contributed by atoms with Crippen molar-refractivity contribution in [2.75, 3.05) is 18.0 Å². The SMILES string of the molecule is O=C(NC1CCC(O)CC1)NC1CCN(c2ncccc2Cl)C1. The van der Waals surface area contributed by atoms with E-state index in [0.717, 1.165) is 44.5 Å². The number of carbonyl (C=O) groups is 1. The smallest absolute Gasteiger partial charge is 0.315 e. The van der Waals surface area contributed by atoms with E-state index < -0.39 is 0 Å². The number of rotatable bonds is 3. The number of halogens is 1. The monoisotopic (exact) mass is 338 g/mol. The molecule has 2 fully saturated rings. The number of amides is 2. The Labute approximate surface area is 141 Å². The van der Waals surface area contributed by atoms with Crippen LogP contribution >= 0.6 is 11.6 Å². The summed E-state index contributed by atoms with van der Waals surface area (Å²) in [7, 11) is 0. The summed E-state index contributed by atoms with van der Waals surface area (Å²) in [6.45, 7) is 1.55. The van der Waals surface area contributed by atoms with E-state index in [9.17, 15) is 9.90 Å². The first-order valence-corrected chi connectivity index (χ1v) is 8.60. The van der Waals surface area contributed by atoms with Gasteiger partial charge in [0.05, 0.1) is 11.1 Å². The molecule has 23 heavy (non-hydrogen) atoms. The van der Waals surface area contributed by atoms with Crippen molar-refractivity contribution in [3.63, 3.8) is 0 Å². The zero-order valence-corrected chi connectivity index (χ0v) is 13.8. The quantitative estimate of drug-likeness (QED) is 0.787. The van der Waals surface area contributed by atoms with Gasteiger partial charge in [0.25, 0.3) is 0 Å². The van der Waals surface area contributed by atoms with Crippen LogP contribution in [0.3, 0.4) is 0 Å². The number of aliphatic hydroxyl groups excluding tert-OH is 1. The van der Waals surface area contributed by atoms with Crippen molar-refractivity contribution in [2.45, 2.75) is 50.3 Å². The van der Waals surface area contributed by atoms with Crippen LogP contribution in [0.1, 0.15) is 32.1 Å². The van der Waals surface area contributed by atoms with Gasteiger partial charge < -0.3 is 20.6 Å². The largest absolute Gasteiger partial charge is 0.393 e. The van der Waals surface area contributed by atoms with Gasteiger partial charge in [-0.2, -0.15) is 0 Å². The molecular weight excluding hydrogens is 316 g/mol. The maximum Gasteiger partial charge on any atom is 0.315 e. The molecule has 1 aliphatic heterocycles. The fraction of sp³-hybridized carbons (Fsp3) is 0.625. The van der Waals surface area contributed by atoms with Crippen LogP contribution in [-0.2, 0) is 0 Å². The standard InChI is InChI=1S/C16H23ClN4O2/c17-14-2-1-8-18-15(14)21-9-7-12(10-21)20-16(23)19-11-3-5-13(22)6-4-11/h1-2,8,11-13,22H,3-7,9-10H2,(H2,19,20,23). The van der Waals surface area contributed by atoms with Crippen LogP contribution in [-0.4, -0.2) is 47.4 Å². The van der Waals surface area contributed by atoms with Crippen LogP contribution in [0.25, 0.3) is 0 Å². The lowest BCUT2D eigenvalue weighted by Gasteiger charge is -2.27. The second kappa shape index (κ2) is 7.36. The van der Waals surface area contributed by atoms with Crippen LogP contribution in [0, 0.1) is 0 Å². The predicted octanol–water partition coefficient (Wildman–Crippen LogP) is 1.92. The van der Waals surface area contributed by atoms with Crippen LogP contribution in [0.4, 0.5) is 10.6 Å². The lowest BCUT2D eigenvalue weighted by atomic mass is 9.93. The molecule has 0 spiro atoms. The molecule has 1 atom stereocenters. The first kappa shape index (κ1) is 16.3. The van der Waals surface area contributed by atoms with E-state index in [1.807, 2.05) is 12.1 Å². The van der Waals surface area contributed by atoms with Gasteiger partial charge in [0.2, 0.25) is 0 Å². The van der Waals surface area contributed by atoms with Gasteiger partial charge in [-0.1, -0.05) is 11.6 Å². The van der Waals surface area contributed by atoms with Crippen LogP contribution in [0.2, 0.25) is 5.02 Å². The van der Waals surface area contributed by atoms with E-state index in [4.69, 9.17) is 11.6 Å². The number of pyridine rings is 1. The number of carbonyl (C=O) groups excluding carboxylic acids is 1. The van der Waals surface area contributed by atoms with Crippen LogP contribution < -0.4 is 15.5 Å². The molecule has 7 heteroatoms. The van der Waals surface area contributed by atoms with E-state index in [-0.39, 0.29) is 24.2 Å². The summed E-state index contributed by atoms with van der Waals surface area (Å²) in [6.07, 6.45) is 5.61. The topological polar surface area (TPSA) is 77.5 Å². The van der Waals surface area contributed by atoms with Crippen LogP contribution in [0.5, 0.6) is 0 Å². The van der Waals surface area contributed by atoms with E-state index >= 15 is 0 Å². The number of nitrogens with one attached hydrogen (secondary N) is 2. The summed E-state index contributed by atoms with van der Waals surface area (Å²) < 4.78 is 0. The third-order valence-corrected chi connectivity index (χ3v) is 4.89. The fourth-order valence-electron chi connectivity index (χ4n) is 3.31. The van der Waals surface area contributed by atoms with Crippen LogP contribution in [0.15, 0.2) is 18.3 Å². The maximum atomic E-state index is 12.1. The number of urea groups is 1. The van der Waals surface area contributed by atoms with Crippen molar-refractivity contribution in [2.24, 2.45) is 0 Å². The van der Waals surface area contributed by atoms with Gasteiger partial charge in [0.1, 0.15) is 5.82 Å². The Bertz CT molecular complexity index is 549. The number of aromatic nitrogens is 1. The second-order valence-corrected chi connectivity index (χ2v) is 6.77. The highest BCUT2D eigenvalue weighted by atomic mass is 35.5. The van der Waals surface area contributed by atoms with E-state index in [2.05, 4.69) is 20.5 Å². The molecule has 1 unspecified atom stereocenters. The third kappa shape index (κ3) is 4.26. The molecule has 1 saturated carbocycles. The minimum Gasteiger partial charge on any atom is -0.393 e. The Balaban J connectivity index is 1.46. The number of aliphatic hydroxyl groups is 1. The highest BCUT2D eigenvalue weighted by molar-refractivity contribution is 6.32. The van der Waals surface area contributed by atoms with Crippen molar-refractivity contribution in [1.29, 1.82) is 0 Å². The minimum absolute atomic E-state index is 0.0993. The molecule has 1 aromatic rings. The first-order chi connectivity index (χ1) is 11.1. The van der Waals surface area contributed by atoms with Gasteiger partial charge in [0.15, 0.2) is 0 Å². The summed E-state index contributed by atoms with van der Waals surface area (Å²) in [5, 5.41) is 16.2. The molecule has 126 valence electrons. The van der Waals surface area contributed by atoms with Crippen molar-refractivity contribution in [1.82, 2.24) is 15.6 Å². The molecule has 2 amide bonds. The Morgan fingerprint density at radius 2 is 1.96 bits per heavy atom. The van der Waals surface area contributed by atoms with Gasteiger partial charge in [-0.25, -0.2) is 9.78 Å².